The Balaban J connectivity index is 1.34. The molecule has 37 heavy (non-hydrogen) atoms. The number of sulfone groups is 1. The summed E-state index contributed by atoms with van der Waals surface area (Å²) in [5, 5.41) is 16.5. The number of ketones is 1. The van der Waals surface area contributed by atoms with Crippen LogP contribution in [0.5, 0.6) is 0 Å². The molecule has 0 aromatic heterocycles. The van der Waals surface area contributed by atoms with Crippen LogP contribution in [0, 0.1) is 5.92 Å². The Morgan fingerprint density at radius 2 is 1.78 bits per heavy atom. The number of nitrogens with one attached hydrogen (secondary N) is 2. The first-order chi connectivity index (χ1) is 17.5. The van der Waals surface area contributed by atoms with Gasteiger partial charge in [-0.2, -0.15) is 0 Å². The molecule has 4 rings (SSSR count). The van der Waals surface area contributed by atoms with Gasteiger partial charge >= 0.3 is 0 Å². The zero-order valence-electron chi connectivity index (χ0n) is 21.7. The van der Waals surface area contributed by atoms with Crippen LogP contribution in [0.25, 0.3) is 0 Å². The molecule has 0 radical (unpaired) electrons. The van der Waals surface area contributed by atoms with Crippen LogP contribution in [0.2, 0.25) is 0 Å². The lowest BCUT2D eigenvalue weighted by Crippen LogP contribution is -2.57. The third kappa shape index (κ3) is 6.22. The largest absolute Gasteiger partial charge is 0.390 e. The lowest BCUT2D eigenvalue weighted by atomic mass is 9.88. The summed E-state index contributed by atoms with van der Waals surface area (Å²) in [6.07, 6.45) is 3.85. The number of carbonyl (C=O) groups excluding carboxylic acids is 3. The predicted molar refractivity (Wildman–Crippen MR) is 140 cm³/mol. The van der Waals surface area contributed by atoms with E-state index < -0.39 is 39.5 Å². The van der Waals surface area contributed by atoms with E-state index in [-0.39, 0.29) is 29.9 Å². The molecule has 10 nitrogen and oxygen atoms in total. The van der Waals surface area contributed by atoms with Crippen LogP contribution < -0.4 is 15.5 Å². The van der Waals surface area contributed by atoms with Crippen molar-refractivity contribution < 1.29 is 27.9 Å². The first kappa shape index (κ1) is 27.7. The van der Waals surface area contributed by atoms with Crippen molar-refractivity contribution in [2.75, 3.05) is 36.5 Å². The Morgan fingerprint density at radius 3 is 2.41 bits per heavy atom. The summed E-state index contributed by atoms with van der Waals surface area (Å²) in [7, 11) is -3.04. The standard InChI is InChI=1S/C26H38N4O6S/c1-16(2)30-22-7-5-4-6-21(22)24(32)23(26(30)34)25(33)28-17-12-18-8-9-19(13-17)29(18)15-20(31)14-27-10-11-37(3,35)36/h4-7,16-20,23,27,31H,8-15H2,1-3H3,(H,28,33)/t17-,18-,19+,20?,23?. The van der Waals surface area contributed by atoms with E-state index in [1.54, 1.807) is 29.2 Å². The third-order valence-corrected chi connectivity index (χ3v) is 8.58. The number of anilines is 1. The highest BCUT2D eigenvalue weighted by molar-refractivity contribution is 7.90. The maximum atomic E-state index is 13.3. The van der Waals surface area contributed by atoms with Gasteiger partial charge in [0.25, 0.3) is 0 Å². The van der Waals surface area contributed by atoms with Crippen LogP contribution in [0.4, 0.5) is 5.69 Å². The second kappa shape index (κ2) is 11.2. The molecule has 204 valence electrons. The molecule has 5 atom stereocenters. The highest BCUT2D eigenvalue weighted by Crippen LogP contribution is 2.37. The molecule has 3 aliphatic heterocycles. The van der Waals surface area contributed by atoms with E-state index in [1.807, 2.05) is 13.8 Å². The van der Waals surface area contributed by atoms with Gasteiger partial charge in [-0.3, -0.25) is 19.3 Å². The Labute approximate surface area is 218 Å². The first-order valence-corrected chi connectivity index (χ1v) is 15.1. The molecular weight excluding hydrogens is 496 g/mol. The summed E-state index contributed by atoms with van der Waals surface area (Å²) in [5.74, 6) is -2.83. The minimum atomic E-state index is -3.04. The summed E-state index contributed by atoms with van der Waals surface area (Å²) in [6, 6.07) is 6.98. The zero-order valence-corrected chi connectivity index (χ0v) is 22.5. The number of rotatable bonds is 10. The fraction of sp³-hybridized carbons (Fsp3) is 0.654. The highest BCUT2D eigenvalue weighted by Gasteiger charge is 2.47. The molecule has 3 aliphatic rings. The van der Waals surface area contributed by atoms with Crippen LogP contribution in [-0.4, -0.2) is 97.9 Å². The molecule has 3 heterocycles. The average molecular weight is 535 g/mol. The number of benzene rings is 1. The van der Waals surface area contributed by atoms with Crippen molar-refractivity contribution in [2.24, 2.45) is 5.92 Å². The van der Waals surface area contributed by atoms with E-state index in [0.717, 1.165) is 12.8 Å². The van der Waals surface area contributed by atoms with Gasteiger partial charge in [0.1, 0.15) is 9.84 Å². The first-order valence-electron chi connectivity index (χ1n) is 13.0. The van der Waals surface area contributed by atoms with E-state index in [4.69, 9.17) is 0 Å². The molecule has 1 aromatic rings. The van der Waals surface area contributed by atoms with E-state index in [9.17, 15) is 27.9 Å². The van der Waals surface area contributed by atoms with E-state index >= 15 is 0 Å². The second-order valence-electron chi connectivity index (χ2n) is 10.9. The van der Waals surface area contributed by atoms with Gasteiger partial charge < -0.3 is 20.6 Å². The molecule has 0 saturated carbocycles. The Hall–Kier alpha value is -2.34. The van der Waals surface area contributed by atoms with Crippen molar-refractivity contribution in [3.63, 3.8) is 0 Å². The van der Waals surface area contributed by atoms with Gasteiger partial charge in [0.05, 0.1) is 17.5 Å². The van der Waals surface area contributed by atoms with Crippen LogP contribution in [0.3, 0.4) is 0 Å². The number of aliphatic hydroxyl groups is 1. The molecule has 2 bridgehead atoms. The van der Waals surface area contributed by atoms with Crippen LogP contribution in [0.15, 0.2) is 24.3 Å². The highest BCUT2D eigenvalue weighted by atomic mass is 32.2. The Morgan fingerprint density at radius 1 is 1.14 bits per heavy atom. The van der Waals surface area contributed by atoms with Crippen LogP contribution in [0.1, 0.15) is 49.9 Å². The molecular formula is C26H38N4O6S. The lowest BCUT2D eigenvalue weighted by molar-refractivity contribution is -0.132. The zero-order chi connectivity index (χ0) is 26.9. The maximum absolute atomic E-state index is 13.3. The number of Topliss-reactive ketones (excluding diaryl/α,β-unsaturated/α-hetero) is 1. The van der Waals surface area contributed by atoms with E-state index in [1.165, 1.54) is 6.26 Å². The van der Waals surface area contributed by atoms with Gasteiger partial charge in [-0.1, -0.05) is 12.1 Å². The molecule has 2 unspecified atom stereocenters. The van der Waals surface area contributed by atoms with Crippen molar-refractivity contribution in [3.8, 4) is 0 Å². The van der Waals surface area contributed by atoms with Crippen molar-refractivity contribution in [3.05, 3.63) is 29.8 Å². The van der Waals surface area contributed by atoms with Crippen LogP contribution >= 0.6 is 0 Å². The average Bonchev–Trinajstić information content (AvgIpc) is 3.03. The number of hydrogen-bond donors (Lipinski definition) is 3. The van der Waals surface area contributed by atoms with Gasteiger partial charge in [0.15, 0.2) is 11.7 Å². The number of para-hydroxylation sites is 1. The monoisotopic (exact) mass is 534 g/mol. The topological polar surface area (TPSA) is 136 Å². The smallest absolute Gasteiger partial charge is 0.247 e. The molecule has 3 N–H and O–H groups in total. The number of carbonyl (C=O) groups is 3. The quantitative estimate of drug-likeness (QED) is 0.289. The van der Waals surface area contributed by atoms with Crippen molar-refractivity contribution in [1.29, 1.82) is 0 Å². The molecule has 2 fully saturated rings. The second-order valence-corrected chi connectivity index (χ2v) is 13.1. The summed E-state index contributed by atoms with van der Waals surface area (Å²) >= 11 is 0. The van der Waals surface area contributed by atoms with Gasteiger partial charge in [-0.05, 0) is 51.7 Å². The van der Waals surface area contributed by atoms with Crippen molar-refractivity contribution in [2.45, 2.75) is 69.8 Å². The molecule has 1 aromatic carbocycles. The number of nitrogens with zero attached hydrogens (tertiary/aromatic N) is 2. The predicted octanol–water partition coefficient (Wildman–Crippen LogP) is 0.347. The number of amides is 2. The molecule has 0 spiro atoms. The van der Waals surface area contributed by atoms with Crippen LogP contribution in [-0.2, 0) is 19.4 Å². The number of hydrogen-bond acceptors (Lipinski definition) is 8. The number of aliphatic hydroxyl groups excluding tert-OH is 1. The fourth-order valence-electron chi connectivity index (χ4n) is 5.99. The fourth-order valence-corrected chi connectivity index (χ4v) is 6.51. The molecule has 0 aliphatic carbocycles. The van der Waals surface area contributed by atoms with E-state index in [0.29, 0.717) is 43.7 Å². The van der Waals surface area contributed by atoms with Gasteiger partial charge in [0.2, 0.25) is 11.8 Å². The van der Waals surface area contributed by atoms with Gasteiger partial charge in [-0.15, -0.1) is 0 Å². The normalized spacial score (nSPS) is 26.9. The summed E-state index contributed by atoms with van der Waals surface area (Å²) in [6.45, 7) is 4.81. The van der Waals surface area contributed by atoms with Gasteiger partial charge in [0, 0.05) is 55.6 Å². The summed E-state index contributed by atoms with van der Waals surface area (Å²) in [4.78, 5) is 43.6. The summed E-state index contributed by atoms with van der Waals surface area (Å²) < 4.78 is 22.5. The Kier molecular flexibility index (Phi) is 8.37. The lowest BCUT2D eigenvalue weighted by Gasteiger charge is -2.41. The summed E-state index contributed by atoms with van der Waals surface area (Å²) in [5.41, 5.74) is 0.942. The number of piperidine rings is 1. The molecule has 2 saturated heterocycles. The molecule has 2 amide bonds. The van der Waals surface area contributed by atoms with Gasteiger partial charge in [-0.25, -0.2) is 8.42 Å². The minimum Gasteiger partial charge on any atom is -0.390 e. The third-order valence-electron chi connectivity index (χ3n) is 7.64. The van der Waals surface area contributed by atoms with Crippen molar-refractivity contribution >= 4 is 33.1 Å². The van der Waals surface area contributed by atoms with E-state index in [2.05, 4.69) is 15.5 Å². The Bertz CT molecular complexity index is 1130. The SMILES string of the molecule is CC(C)N1C(=O)C(C(=O)N[C@@H]2C[C@H]3CC[C@@H](C2)N3CC(O)CNCCS(C)(=O)=O)C(=O)c2ccccc21. The number of fused-ring (bicyclic) bond motifs is 3. The molecule has 11 heteroatoms. The minimum absolute atomic E-state index is 0.0303. The maximum Gasteiger partial charge on any atom is 0.247 e. The van der Waals surface area contributed by atoms with Crippen molar-refractivity contribution in [1.82, 2.24) is 15.5 Å².